The minimum absolute atomic E-state index is 0. The predicted octanol–water partition coefficient (Wildman–Crippen LogP) is 0.198. The van der Waals surface area contributed by atoms with Crippen molar-refractivity contribution >= 4 is 28.3 Å². The molecule has 2 rings (SSSR count). The molecule has 23 heavy (non-hydrogen) atoms. The fourth-order valence-electron chi connectivity index (χ4n) is 2.45. The van der Waals surface area contributed by atoms with Gasteiger partial charge in [0.25, 0.3) is 0 Å². The summed E-state index contributed by atoms with van der Waals surface area (Å²) in [6, 6.07) is 1.03. The van der Waals surface area contributed by atoms with Gasteiger partial charge >= 0.3 is 0 Å². The van der Waals surface area contributed by atoms with E-state index in [4.69, 9.17) is 5.73 Å². The van der Waals surface area contributed by atoms with Gasteiger partial charge < -0.3 is 15.2 Å². The smallest absolute Gasteiger partial charge is 0.239 e. The minimum Gasteiger partial charge on any atom is -0.364 e. The lowest BCUT2D eigenvalue weighted by molar-refractivity contribution is -0.133. The SMILES string of the molecule is CCCC(N)C(=O)N1CCN(S(=O)(=O)Cc2ccon2)CC1.Cl. The fourth-order valence-corrected chi connectivity index (χ4v) is 3.87. The van der Waals surface area contributed by atoms with E-state index in [1.54, 1.807) is 4.90 Å². The van der Waals surface area contributed by atoms with Crippen molar-refractivity contribution in [2.24, 2.45) is 5.73 Å². The van der Waals surface area contributed by atoms with E-state index in [1.807, 2.05) is 6.92 Å². The van der Waals surface area contributed by atoms with Gasteiger partial charge in [-0.15, -0.1) is 12.4 Å². The molecule has 1 unspecified atom stereocenters. The predicted molar refractivity (Wildman–Crippen MR) is 87.4 cm³/mol. The van der Waals surface area contributed by atoms with Crippen LogP contribution in [0.5, 0.6) is 0 Å². The molecule has 2 N–H and O–H groups in total. The lowest BCUT2D eigenvalue weighted by Gasteiger charge is -2.35. The summed E-state index contributed by atoms with van der Waals surface area (Å²) in [5.41, 5.74) is 6.21. The first-order valence-corrected chi connectivity index (χ1v) is 8.96. The molecule has 2 heterocycles. The molecule has 0 spiro atoms. The number of nitrogens with two attached hydrogens (primary N) is 1. The first-order valence-electron chi connectivity index (χ1n) is 7.35. The number of carbonyl (C=O) groups excluding carboxylic acids is 1. The van der Waals surface area contributed by atoms with Crippen LogP contribution in [0.4, 0.5) is 0 Å². The Bertz CT molecular complexity index is 585. The Balaban J connectivity index is 0.00000264. The Kier molecular flexibility index (Phi) is 7.46. The van der Waals surface area contributed by atoms with Gasteiger partial charge in [0.15, 0.2) is 0 Å². The number of aromatic nitrogens is 1. The third-order valence-electron chi connectivity index (χ3n) is 3.68. The zero-order chi connectivity index (χ0) is 16.2. The molecule has 0 radical (unpaired) electrons. The molecule has 8 nitrogen and oxygen atoms in total. The van der Waals surface area contributed by atoms with Crippen molar-refractivity contribution in [2.45, 2.75) is 31.6 Å². The second kappa shape index (κ2) is 8.62. The molecule has 10 heteroatoms. The van der Waals surface area contributed by atoms with Crippen molar-refractivity contribution in [3.8, 4) is 0 Å². The van der Waals surface area contributed by atoms with Crippen LogP contribution < -0.4 is 5.73 Å². The van der Waals surface area contributed by atoms with Crippen molar-refractivity contribution in [2.75, 3.05) is 26.2 Å². The first-order chi connectivity index (χ1) is 10.4. The summed E-state index contributed by atoms with van der Waals surface area (Å²) >= 11 is 0. The van der Waals surface area contributed by atoms with E-state index in [0.717, 1.165) is 6.42 Å². The Labute approximate surface area is 142 Å². The van der Waals surface area contributed by atoms with Crippen LogP contribution in [0.2, 0.25) is 0 Å². The average molecular weight is 367 g/mol. The molecule has 1 amide bonds. The Morgan fingerprint density at radius 1 is 1.39 bits per heavy atom. The molecule has 132 valence electrons. The second-order valence-corrected chi connectivity index (χ2v) is 7.34. The summed E-state index contributed by atoms with van der Waals surface area (Å²) < 4.78 is 30.6. The third kappa shape index (κ3) is 5.17. The number of rotatable bonds is 6. The third-order valence-corrected chi connectivity index (χ3v) is 5.49. The van der Waals surface area contributed by atoms with Crippen LogP contribution >= 0.6 is 12.4 Å². The molecule has 1 aromatic heterocycles. The highest BCUT2D eigenvalue weighted by molar-refractivity contribution is 7.88. The highest BCUT2D eigenvalue weighted by atomic mass is 35.5. The zero-order valence-corrected chi connectivity index (χ0v) is 14.7. The Morgan fingerprint density at radius 2 is 2.04 bits per heavy atom. The first kappa shape index (κ1) is 19.9. The fraction of sp³-hybridized carbons (Fsp3) is 0.692. The summed E-state index contributed by atoms with van der Waals surface area (Å²) in [7, 11) is -3.44. The molecule has 1 saturated heterocycles. The van der Waals surface area contributed by atoms with Crippen LogP contribution in [0.15, 0.2) is 16.9 Å². The number of amides is 1. The van der Waals surface area contributed by atoms with E-state index in [2.05, 4.69) is 9.68 Å². The zero-order valence-electron chi connectivity index (χ0n) is 13.1. The van der Waals surface area contributed by atoms with Crippen molar-refractivity contribution in [1.82, 2.24) is 14.4 Å². The molecular formula is C13H23ClN4O4S. The molecule has 1 aliphatic heterocycles. The van der Waals surface area contributed by atoms with Crippen LogP contribution in [-0.2, 0) is 20.6 Å². The van der Waals surface area contributed by atoms with Crippen molar-refractivity contribution in [1.29, 1.82) is 0 Å². The quantitative estimate of drug-likeness (QED) is 0.770. The van der Waals surface area contributed by atoms with Gasteiger partial charge in [-0.25, -0.2) is 8.42 Å². The van der Waals surface area contributed by atoms with E-state index < -0.39 is 16.1 Å². The lowest BCUT2D eigenvalue weighted by atomic mass is 10.1. The van der Waals surface area contributed by atoms with Crippen LogP contribution in [0.1, 0.15) is 25.5 Å². The van der Waals surface area contributed by atoms with E-state index >= 15 is 0 Å². The monoisotopic (exact) mass is 366 g/mol. The van der Waals surface area contributed by atoms with E-state index in [1.165, 1.54) is 16.6 Å². The van der Waals surface area contributed by atoms with Gasteiger partial charge in [0, 0.05) is 32.2 Å². The molecule has 0 aromatic carbocycles. The molecule has 1 aromatic rings. The summed E-state index contributed by atoms with van der Waals surface area (Å²) in [5, 5.41) is 3.62. The number of hydrogen-bond acceptors (Lipinski definition) is 6. The molecule has 0 bridgehead atoms. The summed E-state index contributed by atoms with van der Waals surface area (Å²) in [6.45, 7) is 3.28. The highest BCUT2D eigenvalue weighted by Crippen LogP contribution is 2.13. The van der Waals surface area contributed by atoms with E-state index in [9.17, 15) is 13.2 Å². The molecule has 0 aliphatic carbocycles. The van der Waals surface area contributed by atoms with Gasteiger partial charge in [0.2, 0.25) is 15.9 Å². The average Bonchev–Trinajstić information content (AvgIpc) is 2.99. The van der Waals surface area contributed by atoms with Crippen LogP contribution in [0, 0.1) is 0 Å². The standard InChI is InChI=1S/C13H22N4O4S.ClH/c1-2-3-12(14)13(18)16-5-7-17(8-6-16)22(19,20)10-11-4-9-21-15-11;/h4,9,12H,2-3,5-8,10,14H2,1H3;1H. The van der Waals surface area contributed by atoms with Crippen molar-refractivity contribution < 1.29 is 17.7 Å². The van der Waals surface area contributed by atoms with Gasteiger partial charge in [-0.2, -0.15) is 4.31 Å². The second-order valence-electron chi connectivity index (χ2n) is 5.37. The Morgan fingerprint density at radius 3 is 2.57 bits per heavy atom. The molecule has 1 fully saturated rings. The number of sulfonamides is 1. The number of piperazine rings is 1. The summed E-state index contributed by atoms with van der Waals surface area (Å²) in [6.07, 6.45) is 2.83. The maximum atomic E-state index is 12.3. The molecular weight excluding hydrogens is 344 g/mol. The largest absolute Gasteiger partial charge is 0.364 e. The van der Waals surface area contributed by atoms with Gasteiger partial charge in [0.1, 0.15) is 12.0 Å². The normalized spacial score (nSPS) is 17.6. The number of nitrogens with zero attached hydrogens (tertiary/aromatic N) is 3. The van der Waals surface area contributed by atoms with Crippen LogP contribution in [0.3, 0.4) is 0 Å². The minimum atomic E-state index is -3.44. The van der Waals surface area contributed by atoms with Crippen molar-refractivity contribution in [3.63, 3.8) is 0 Å². The highest BCUT2D eigenvalue weighted by Gasteiger charge is 2.30. The number of halogens is 1. The molecule has 1 atom stereocenters. The van der Waals surface area contributed by atoms with Gasteiger partial charge in [-0.3, -0.25) is 4.79 Å². The van der Waals surface area contributed by atoms with Crippen LogP contribution in [-0.4, -0.2) is 60.9 Å². The maximum absolute atomic E-state index is 12.3. The van der Waals surface area contributed by atoms with Gasteiger partial charge in [-0.1, -0.05) is 18.5 Å². The number of hydrogen-bond donors (Lipinski definition) is 1. The molecule has 1 aliphatic rings. The van der Waals surface area contributed by atoms with Gasteiger partial charge in [-0.05, 0) is 6.42 Å². The molecule has 0 saturated carbocycles. The Hall–Kier alpha value is -1.16. The topological polar surface area (TPSA) is 110 Å². The summed E-state index contributed by atoms with van der Waals surface area (Å²) in [5.74, 6) is -0.289. The lowest BCUT2D eigenvalue weighted by Crippen LogP contribution is -2.54. The maximum Gasteiger partial charge on any atom is 0.239 e. The van der Waals surface area contributed by atoms with Gasteiger partial charge in [0.05, 0.1) is 11.7 Å². The number of carbonyl (C=O) groups is 1. The van der Waals surface area contributed by atoms with E-state index in [0.29, 0.717) is 25.2 Å². The van der Waals surface area contributed by atoms with Crippen LogP contribution in [0.25, 0.3) is 0 Å². The summed E-state index contributed by atoms with van der Waals surface area (Å²) in [4.78, 5) is 13.8. The van der Waals surface area contributed by atoms with Crippen molar-refractivity contribution in [3.05, 3.63) is 18.0 Å². The van der Waals surface area contributed by atoms with E-state index in [-0.39, 0.29) is 37.2 Å².